The maximum atomic E-state index is 12.1. The lowest BCUT2D eigenvalue weighted by Gasteiger charge is -2.23. The average molecular weight is 345 g/mol. The number of allylic oxidation sites excluding steroid dienone is 9. The zero-order valence-electron chi connectivity index (χ0n) is 13.0. The molecule has 0 aliphatic heterocycles. The van der Waals surface area contributed by atoms with Gasteiger partial charge in [-0.15, -0.1) is 0 Å². The van der Waals surface area contributed by atoms with Crippen LogP contribution in [-0.4, -0.2) is 14.7 Å². The number of hydrogen-bond donors (Lipinski definition) is 0. The van der Waals surface area contributed by atoms with Crippen molar-refractivity contribution in [2.24, 2.45) is 0 Å². The third kappa shape index (κ3) is 3.12. The first kappa shape index (κ1) is 16.0. The second-order valence-electron chi connectivity index (χ2n) is 5.70. The Morgan fingerprint density at radius 2 is 1.65 bits per heavy atom. The van der Waals surface area contributed by atoms with Crippen LogP contribution in [0, 0.1) is 0 Å². The Kier molecular flexibility index (Phi) is 4.17. The molecule has 4 heteroatoms. The molecule has 23 heavy (non-hydrogen) atoms. The number of sulfone groups is 1. The highest BCUT2D eigenvalue weighted by molar-refractivity contribution is 7.94. The van der Waals surface area contributed by atoms with Gasteiger partial charge >= 0.3 is 0 Å². The molecule has 1 aromatic carbocycles. The number of benzene rings is 1. The van der Waals surface area contributed by atoms with Crippen molar-refractivity contribution >= 4 is 27.0 Å². The maximum absolute atomic E-state index is 12.1. The topological polar surface area (TPSA) is 34.1 Å². The third-order valence-electron chi connectivity index (χ3n) is 4.08. The number of halogens is 1. The molecule has 0 bridgehead atoms. The van der Waals surface area contributed by atoms with Gasteiger partial charge in [-0.05, 0) is 53.3 Å². The molecule has 0 heterocycles. The Balaban J connectivity index is 2.26. The van der Waals surface area contributed by atoms with Crippen LogP contribution in [0.5, 0.6) is 0 Å². The molecular weight excluding hydrogens is 328 g/mol. The minimum atomic E-state index is -3.25. The second kappa shape index (κ2) is 5.99. The second-order valence-corrected chi connectivity index (χ2v) is 8.12. The van der Waals surface area contributed by atoms with Gasteiger partial charge in [-0.3, -0.25) is 0 Å². The van der Waals surface area contributed by atoms with E-state index >= 15 is 0 Å². The molecule has 2 nitrogen and oxygen atoms in total. The lowest BCUT2D eigenvalue weighted by molar-refractivity contribution is 0.608. The van der Waals surface area contributed by atoms with Gasteiger partial charge in [0.15, 0.2) is 9.84 Å². The Hall–Kier alpha value is -1.84. The molecular formula is C19H17ClO2S. The summed E-state index contributed by atoms with van der Waals surface area (Å²) >= 11 is 5.99. The van der Waals surface area contributed by atoms with E-state index in [1.165, 1.54) is 6.26 Å². The average Bonchev–Trinajstić information content (AvgIpc) is 3.01. The van der Waals surface area contributed by atoms with Crippen LogP contribution in [0.1, 0.15) is 18.9 Å². The maximum Gasteiger partial charge on any atom is 0.175 e. The van der Waals surface area contributed by atoms with Crippen LogP contribution in [0.3, 0.4) is 0 Å². The number of rotatable bonds is 2. The van der Waals surface area contributed by atoms with E-state index in [-0.39, 0.29) is 0 Å². The molecule has 0 aromatic heterocycles. The van der Waals surface area contributed by atoms with Gasteiger partial charge in [-0.2, -0.15) is 0 Å². The van der Waals surface area contributed by atoms with Crippen molar-refractivity contribution < 1.29 is 8.42 Å². The first-order valence-electron chi connectivity index (χ1n) is 7.33. The molecule has 0 saturated heterocycles. The van der Waals surface area contributed by atoms with Crippen LogP contribution >= 0.6 is 11.6 Å². The molecule has 0 unspecified atom stereocenters. The van der Waals surface area contributed by atoms with Crippen LogP contribution in [0.15, 0.2) is 76.3 Å². The van der Waals surface area contributed by atoms with Crippen LogP contribution < -0.4 is 0 Å². The van der Waals surface area contributed by atoms with Gasteiger partial charge in [-0.1, -0.05) is 54.1 Å². The highest BCUT2D eigenvalue weighted by Crippen LogP contribution is 2.40. The molecule has 1 aromatic rings. The lowest BCUT2D eigenvalue weighted by Crippen LogP contribution is -2.10. The standard InChI is InChI=1S/C19H17ClO2S/c1-13-18(23(2,21)22)12-11-17(14-5-3-4-6-14)19(13)15-7-9-16(20)10-8-15/h3-10,12H,11H2,1-2H3. The van der Waals surface area contributed by atoms with Gasteiger partial charge in [0.25, 0.3) is 0 Å². The van der Waals surface area contributed by atoms with Crippen molar-refractivity contribution in [3.05, 3.63) is 86.9 Å². The summed E-state index contributed by atoms with van der Waals surface area (Å²) in [6.45, 7) is 1.87. The lowest BCUT2D eigenvalue weighted by atomic mass is 9.85. The van der Waals surface area contributed by atoms with Crippen molar-refractivity contribution in [3.8, 4) is 0 Å². The van der Waals surface area contributed by atoms with Gasteiger partial charge in [-0.25, -0.2) is 8.42 Å². The van der Waals surface area contributed by atoms with Crippen LogP contribution in [0.4, 0.5) is 0 Å². The summed E-state index contributed by atoms with van der Waals surface area (Å²) < 4.78 is 24.2. The summed E-state index contributed by atoms with van der Waals surface area (Å²) in [5.74, 6) is 0. The van der Waals surface area contributed by atoms with E-state index < -0.39 is 9.84 Å². The Labute approximate surface area is 142 Å². The summed E-state index contributed by atoms with van der Waals surface area (Å²) in [5.41, 5.74) is 5.02. The smallest absolute Gasteiger partial charge is 0.175 e. The molecule has 2 aliphatic carbocycles. The third-order valence-corrected chi connectivity index (χ3v) is 5.61. The number of hydrogen-bond acceptors (Lipinski definition) is 2. The summed E-state index contributed by atoms with van der Waals surface area (Å²) in [6.07, 6.45) is 11.8. The molecule has 0 saturated carbocycles. The van der Waals surface area contributed by atoms with Gasteiger partial charge in [0.1, 0.15) is 0 Å². The van der Waals surface area contributed by atoms with Crippen LogP contribution in [0.25, 0.3) is 5.57 Å². The van der Waals surface area contributed by atoms with E-state index in [0.29, 0.717) is 16.3 Å². The Bertz CT molecular complexity index is 895. The van der Waals surface area contributed by atoms with Crippen LogP contribution in [-0.2, 0) is 9.84 Å². The van der Waals surface area contributed by atoms with E-state index in [9.17, 15) is 8.42 Å². The molecule has 0 radical (unpaired) electrons. The summed E-state index contributed by atoms with van der Waals surface area (Å²) in [4.78, 5) is 0.415. The predicted molar refractivity (Wildman–Crippen MR) is 96.9 cm³/mol. The van der Waals surface area contributed by atoms with E-state index in [0.717, 1.165) is 27.9 Å². The Morgan fingerprint density at radius 3 is 2.22 bits per heavy atom. The molecule has 3 rings (SSSR count). The fourth-order valence-electron chi connectivity index (χ4n) is 3.07. The van der Waals surface area contributed by atoms with Crippen molar-refractivity contribution in [2.75, 3.05) is 6.26 Å². The molecule has 0 spiro atoms. The quantitative estimate of drug-likeness (QED) is 0.767. The van der Waals surface area contributed by atoms with Crippen molar-refractivity contribution in [2.45, 2.75) is 13.3 Å². The SMILES string of the molecule is CC1=C(c2ccc(Cl)cc2)C(=C2C=CC=C2)CC=C1S(C)(=O)=O. The van der Waals surface area contributed by atoms with Crippen molar-refractivity contribution in [1.29, 1.82) is 0 Å². The molecule has 0 atom stereocenters. The van der Waals surface area contributed by atoms with Gasteiger partial charge in [0.05, 0.1) is 4.91 Å². The van der Waals surface area contributed by atoms with Gasteiger partial charge < -0.3 is 0 Å². The van der Waals surface area contributed by atoms with E-state index in [1.807, 2.05) is 49.4 Å². The monoisotopic (exact) mass is 344 g/mol. The first-order chi connectivity index (χ1) is 10.9. The van der Waals surface area contributed by atoms with Gasteiger partial charge in [0, 0.05) is 11.3 Å². The highest BCUT2D eigenvalue weighted by Gasteiger charge is 2.25. The van der Waals surface area contributed by atoms with E-state index in [2.05, 4.69) is 12.2 Å². The molecule has 0 amide bonds. The van der Waals surface area contributed by atoms with Crippen LogP contribution in [0.2, 0.25) is 5.02 Å². The van der Waals surface area contributed by atoms with E-state index in [1.54, 1.807) is 0 Å². The predicted octanol–water partition coefficient (Wildman–Crippen LogP) is 4.87. The zero-order chi connectivity index (χ0) is 16.6. The summed E-state index contributed by atoms with van der Waals surface area (Å²) in [5, 5.41) is 0.663. The first-order valence-corrected chi connectivity index (χ1v) is 9.60. The van der Waals surface area contributed by atoms with Gasteiger partial charge in [0.2, 0.25) is 0 Å². The van der Waals surface area contributed by atoms with Crippen molar-refractivity contribution in [3.63, 3.8) is 0 Å². The van der Waals surface area contributed by atoms with Crippen molar-refractivity contribution in [1.82, 2.24) is 0 Å². The molecule has 0 fully saturated rings. The summed E-state index contributed by atoms with van der Waals surface area (Å²) in [7, 11) is -3.25. The fraction of sp³-hybridized carbons (Fsp3) is 0.158. The fourth-order valence-corrected chi connectivity index (χ4v) is 4.24. The largest absolute Gasteiger partial charge is 0.224 e. The normalized spacial score (nSPS) is 18.0. The molecule has 118 valence electrons. The Morgan fingerprint density at radius 1 is 1.04 bits per heavy atom. The summed E-state index contributed by atoms with van der Waals surface area (Å²) in [6, 6.07) is 7.54. The van der Waals surface area contributed by atoms with E-state index in [4.69, 9.17) is 11.6 Å². The molecule has 2 aliphatic rings. The minimum absolute atomic E-state index is 0.415. The minimum Gasteiger partial charge on any atom is -0.224 e. The highest BCUT2D eigenvalue weighted by atomic mass is 35.5. The zero-order valence-corrected chi connectivity index (χ0v) is 14.6. The molecule has 0 N–H and O–H groups in total.